The van der Waals surface area contributed by atoms with Gasteiger partial charge in [0.05, 0.1) is 5.02 Å². The number of aromatic nitrogens is 3. The van der Waals surface area contributed by atoms with Crippen LogP contribution in [0.25, 0.3) is 0 Å². The highest BCUT2D eigenvalue weighted by molar-refractivity contribution is 6.30. The minimum absolute atomic E-state index is 0.135. The van der Waals surface area contributed by atoms with E-state index in [0.29, 0.717) is 10.8 Å². The Balaban J connectivity index is 2.08. The van der Waals surface area contributed by atoms with Gasteiger partial charge in [-0.3, -0.25) is 14.6 Å². The van der Waals surface area contributed by atoms with Gasteiger partial charge >= 0.3 is 0 Å². The van der Waals surface area contributed by atoms with Crippen LogP contribution in [-0.2, 0) is 9.53 Å². The lowest BCUT2D eigenvalue weighted by Gasteiger charge is -2.21. The second-order valence-corrected chi connectivity index (χ2v) is 4.32. The fourth-order valence-corrected chi connectivity index (χ4v) is 2.06. The predicted octanol–water partition coefficient (Wildman–Crippen LogP) is 1.36. The molecule has 0 radical (unpaired) electrons. The Kier molecular flexibility index (Phi) is 3.03. The van der Waals surface area contributed by atoms with Gasteiger partial charge in [-0.15, -0.1) is 0 Å². The summed E-state index contributed by atoms with van der Waals surface area (Å²) in [7, 11) is 0. The van der Waals surface area contributed by atoms with E-state index in [0.717, 1.165) is 0 Å². The summed E-state index contributed by atoms with van der Waals surface area (Å²) in [6.07, 6.45) is 3.24. The molecule has 2 aromatic rings. The van der Waals surface area contributed by atoms with Crippen molar-refractivity contribution in [3.63, 3.8) is 0 Å². The molecule has 0 fully saturated rings. The van der Waals surface area contributed by atoms with Crippen LogP contribution in [0.2, 0.25) is 5.02 Å². The van der Waals surface area contributed by atoms with Gasteiger partial charge in [0, 0.05) is 18.6 Å². The first-order chi connectivity index (χ1) is 9.72. The highest BCUT2D eigenvalue weighted by atomic mass is 35.5. The molecule has 2 aromatic heterocycles. The summed E-state index contributed by atoms with van der Waals surface area (Å²) in [5, 5.41) is 0.432. The van der Waals surface area contributed by atoms with E-state index in [2.05, 4.69) is 15.0 Å². The van der Waals surface area contributed by atoms with Crippen molar-refractivity contribution in [3.8, 4) is 0 Å². The average molecular weight is 291 g/mol. The Morgan fingerprint density at radius 2 is 2.05 bits per heavy atom. The smallest absolute Gasteiger partial charge is 0.295 e. The summed E-state index contributed by atoms with van der Waals surface area (Å²) in [4.78, 5) is 36.2. The second-order valence-electron chi connectivity index (χ2n) is 3.88. The molecule has 7 nitrogen and oxygen atoms in total. The van der Waals surface area contributed by atoms with E-state index in [4.69, 9.17) is 16.3 Å². The molecule has 8 heteroatoms. The van der Waals surface area contributed by atoms with E-state index in [-0.39, 0.29) is 17.9 Å². The summed E-state index contributed by atoms with van der Waals surface area (Å²) in [6, 6.07) is 3.13. The monoisotopic (exact) mass is 290 g/mol. The number of nitrogens with zero attached hydrogens (tertiary/aromatic N) is 4. The van der Waals surface area contributed by atoms with Gasteiger partial charge in [0.25, 0.3) is 12.4 Å². The third-order valence-electron chi connectivity index (χ3n) is 2.76. The molecule has 0 unspecified atom stereocenters. The van der Waals surface area contributed by atoms with Gasteiger partial charge in [-0.2, -0.15) is 0 Å². The highest BCUT2D eigenvalue weighted by Crippen LogP contribution is 2.34. The zero-order valence-corrected chi connectivity index (χ0v) is 10.7. The van der Waals surface area contributed by atoms with Crippen LogP contribution in [0.4, 0.5) is 5.82 Å². The summed E-state index contributed by atoms with van der Waals surface area (Å²) in [6.45, 7) is 0.255. The maximum atomic E-state index is 12.3. The quantitative estimate of drug-likeness (QED) is 0.793. The van der Waals surface area contributed by atoms with Gasteiger partial charge in [-0.05, 0) is 12.1 Å². The molecule has 1 aliphatic heterocycles. The van der Waals surface area contributed by atoms with Crippen LogP contribution in [0.15, 0.2) is 30.7 Å². The number of carbonyl (C=O) groups excluding carboxylic acids is 2. The van der Waals surface area contributed by atoms with E-state index < -0.39 is 12.1 Å². The molecule has 1 atom stereocenters. The molecule has 0 spiro atoms. The standard InChI is InChI=1S/C12H7ClN4O3/c13-7-1-2-8(16-5-7)17-11(19)9-10(12(17)20-6-18)15-4-3-14-9/h1-6,12H/t12-/m0/s1. The Morgan fingerprint density at radius 3 is 2.75 bits per heavy atom. The number of pyridine rings is 1. The summed E-state index contributed by atoms with van der Waals surface area (Å²) in [5.41, 5.74) is 0.414. The molecule has 3 rings (SSSR count). The molecule has 0 saturated carbocycles. The zero-order valence-electron chi connectivity index (χ0n) is 9.93. The molecule has 1 amide bonds. The van der Waals surface area contributed by atoms with E-state index in [9.17, 15) is 9.59 Å². The molecule has 0 bridgehead atoms. The van der Waals surface area contributed by atoms with Gasteiger partial charge in [0.1, 0.15) is 11.5 Å². The van der Waals surface area contributed by atoms with Crippen molar-refractivity contribution in [2.45, 2.75) is 6.23 Å². The lowest BCUT2D eigenvalue weighted by Crippen LogP contribution is -2.30. The Labute approximate surface area is 118 Å². The summed E-state index contributed by atoms with van der Waals surface area (Å²) < 4.78 is 4.95. The molecule has 100 valence electrons. The molecular weight excluding hydrogens is 284 g/mol. The van der Waals surface area contributed by atoms with Crippen molar-refractivity contribution in [3.05, 3.63) is 47.1 Å². The molecule has 20 heavy (non-hydrogen) atoms. The third kappa shape index (κ3) is 1.88. The maximum absolute atomic E-state index is 12.3. The third-order valence-corrected chi connectivity index (χ3v) is 2.98. The molecular formula is C12H7ClN4O3. The second kappa shape index (κ2) is 4.86. The molecule has 0 N–H and O–H groups in total. The number of ether oxygens (including phenoxy) is 1. The topological polar surface area (TPSA) is 85.3 Å². The Bertz CT molecular complexity index is 677. The first-order valence-electron chi connectivity index (χ1n) is 5.57. The largest absolute Gasteiger partial charge is 0.437 e. The summed E-state index contributed by atoms with van der Waals surface area (Å²) in [5.74, 6) is -0.138. The first-order valence-corrected chi connectivity index (χ1v) is 5.95. The number of fused-ring (bicyclic) bond motifs is 1. The number of halogens is 1. The normalized spacial score (nSPS) is 16.9. The van der Waals surface area contributed by atoms with Crippen molar-refractivity contribution in [1.29, 1.82) is 0 Å². The maximum Gasteiger partial charge on any atom is 0.295 e. The fraction of sp³-hybridized carbons (Fsp3) is 0.0833. The Hall–Kier alpha value is -2.54. The number of rotatable bonds is 3. The van der Waals surface area contributed by atoms with Crippen molar-refractivity contribution < 1.29 is 14.3 Å². The van der Waals surface area contributed by atoms with Crippen LogP contribution in [-0.4, -0.2) is 27.3 Å². The van der Waals surface area contributed by atoms with Gasteiger partial charge in [0.15, 0.2) is 5.69 Å². The van der Waals surface area contributed by atoms with Crippen LogP contribution >= 0.6 is 11.6 Å². The van der Waals surface area contributed by atoms with Crippen LogP contribution in [0.5, 0.6) is 0 Å². The minimum atomic E-state index is -0.975. The zero-order chi connectivity index (χ0) is 14.1. The lowest BCUT2D eigenvalue weighted by atomic mass is 10.3. The SMILES string of the molecule is O=CO[C@H]1c2nccnc2C(=O)N1c1ccc(Cl)cn1. The highest BCUT2D eigenvalue weighted by Gasteiger charge is 2.42. The fourth-order valence-electron chi connectivity index (χ4n) is 1.95. The van der Waals surface area contributed by atoms with Gasteiger partial charge in [-0.1, -0.05) is 11.6 Å². The minimum Gasteiger partial charge on any atom is -0.437 e. The average Bonchev–Trinajstić information content (AvgIpc) is 2.74. The first kappa shape index (κ1) is 12.5. The summed E-state index contributed by atoms with van der Waals surface area (Å²) >= 11 is 5.76. The van der Waals surface area contributed by atoms with Crippen LogP contribution < -0.4 is 4.90 Å². The van der Waals surface area contributed by atoms with Crippen molar-refractivity contribution in [1.82, 2.24) is 15.0 Å². The van der Waals surface area contributed by atoms with E-state index in [1.54, 1.807) is 12.1 Å². The molecule has 3 heterocycles. The lowest BCUT2D eigenvalue weighted by molar-refractivity contribution is -0.133. The van der Waals surface area contributed by atoms with Crippen molar-refractivity contribution >= 4 is 29.8 Å². The van der Waals surface area contributed by atoms with E-state index in [1.165, 1.54) is 23.5 Å². The van der Waals surface area contributed by atoms with Crippen LogP contribution in [0, 0.1) is 0 Å². The van der Waals surface area contributed by atoms with Crippen molar-refractivity contribution in [2.75, 3.05) is 4.90 Å². The van der Waals surface area contributed by atoms with E-state index in [1.807, 2.05) is 0 Å². The molecule has 0 aromatic carbocycles. The van der Waals surface area contributed by atoms with Gasteiger partial charge in [0.2, 0.25) is 6.23 Å². The van der Waals surface area contributed by atoms with Gasteiger partial charge in [-0.25, -0.2) is 14.9 Å². The van der Waals surface area contributed by atoms with Gasteiger partial charge < -0.3 is 4.74 Å². The molecule has 0 saturated heterocycles. The molecule has 1 aliphatic rings. The Morgan fingerprint density at radius 1 is 1.25 bits per heavy atom. The van der Waals surface area contributed by atoms with Crippen LogP contribution in [0.1, 0.15) is 22.4 Å². The number of carbonyl (C=O) groups is 2. The number of hydrogen-bond acceptors (Lipinski definition) is 6. The van der Waals surface area contributed by atoms with Crippen molar-refractivity contribution in [2.24, 2.45) is 0 Å². The number of anilines is 1. The number of hydrogen-bond donors (Lipinski definition) is 0. The van der Waals surface area contributed by atoms with Crippen LogP contribution in [0.3, 0.4) is 0 Å². The molecule has 0 aliphatic carbocycles. The predicted molar refractivity (Wildman–Crippen MR) is 68.0 cm³/mol. The number of amides is 1. The van der Waals surface area contributed by atoms with E-state index >= 15 is 0 Å².